The van der Waals surface area contributed by atoms with Gasteiger partial charge in [-0.3, -0.25) is 15.6 Å². The molecule has 0 aliphatic carbocycles. The first-order valence-corrected chi connectivity index (χ1v) is 8.29. The van der Waals surface area contributed by atoms with Crippen molar-refractivity contribution in [2.75, 3.05) is 13.7 Å². The second kappa shape index (κ2) is 9.66. The van der Waals surface area contributed by atoms with Gasteiger partial charge < -0.3 is 10.1 Å². The second-order valence-corrected chi connectivity index (χ2v) is 6.84. The number of nitrogens with one attached hydrogen (secondary N) is 3. The third kappa shape index (κ3) is 7.11. The van der Waals surface area contributed by atoms with Crippen LogP contribution in [0, 0.1) is 6.92 Å². The Labute approximate surface area is 141 Å². The maximum absolute atomic E-state index is 12.0. The van der Waals surface area contributed by atoms with E-state index in [0.29, 0.717) is 11.7 Å². The molecular weight excluding hydrogens is 318 g/mol. The molecule has 1 rings (SSSR count). The Balaban J connectivity index is 2.34. The number of carbonyl (C=O) groups is 1. The van der Waals surface area contributed by atoms with E-state index in [4.69, 9.17) is 17.0 Å². The first-order valence-electron chi connectivity index (χ1n) is 7.01. The van der Waals surface area contributed by atoms with E-state index in [1.165, 1.54) is 17.3 Å². The number of amides is 1. The van der Waals surface area contributed by atoms with Crippen molar-refractivity contribution in [1.29, 1.82) is 0 Å². The van der Waals surface area contributed by atoms with Crippen LogP contribution in [0.4, 0.5) is 0 Å². The van der Waals surface area contributed by atoms with Gasteiger partial charge in [-0.25, -0.2) is 0 Å². The van der Waals surface area contributed by atoms with E-state index in [1.54, 1.807) is 7.11 Å². The number of hydrogen-bond donors (Lipinski definition) is 3. The summed E-state index contributed by atoms with van der Waals surface area (Å²) >= 11 is 6.59. The van der Waals surface area contributed by atoms with Crippen molar-refractivity contribution in [3.8, 4) is 0 Å². The third-order valence-corrected chi connectivity index (χ3v) is 4.13. The highest BCUT2D eigenvalue weighted by molar-refractivity contribution is 8.00. The third-order valence-electron chi connectivity index (χ3n) is 2.80. The molecule has 0 spiro atoms. The molecule has 0 fully saturated rings. The lowest BCUT2D eigenvalue weighted by Crippen LogP contribution is -2.51. The maximum Gasteiger partial charge on any atom is 0.251 e. The smallest absolute Gasteiger partial charge is 0.251 e. The Bertz CT molecular complexity index is 494. The molecule has 5 nitrogen and oxygen atoms in total. The highest BCUT2D eigenvalue weighted by Crippen LogP contribution is 2.23. The van der Waals surface area contributed by atoms with Crippen LogP contribution >= 0.6 is 24.0 Å². The number of hydrazine groups is 1. The van der Waals surface area contributed by atoms with Crippen LogP contribution in [-0.2, 0) is 9.53 Å². The standard InChI is InChI=1S/C15H23N3O2S2/c1-10-5-7-13(8-6-10)22-12(3)14(19)17-18-15(21)16-11(2)9-20-4/h5-8,11-12H,9H2,1-4H3,(H,17,19)(H2,16,18,21)/t11-,12+/m1/s1. The van der Waals surface area contributed by atoms with Crippen LogP contribution in [0.1, 0.15) is 19.4 Å². The number of benzene rings is 1. The minimum Gasteiger partial charge on any atom is -0.383 e. The summed E-state index contributed by atoms with van der Waals surface area (Å²) in [6, 6.07) is 8.15. The molecule has 0 radical (unpaired) electrons. The molecule has 0 aliphatic rings. The van der Waals surface area contributed by atoms with E-state index in [1.807, 2.05) is 45.0 Å². The van der Waals surface area contributed by atoms with Gasteiger partial charge in [-0.15, -0.1) is 11.8 Å². The zero-order chi connectivity index (χ0) is 16.5. The fourth-order valence-corrected chi connectivity index (χ4v) is 2.77. The molecule has 122 valence electrons. The SMILES string of the molecule is COC[C@@H](C)NC(=S)NNC(=O)[C@H](C)Sc1ccc(C)cc1. The van der Waals surface area contributed by atoms with E-state index >= 15 is 0 Å². The molecule has 0 saturated carbocycles. The topological polar surface area (TPSA) is 62.4 Å². The fraction of sp³-hybridized carbons (Fsp3) is 0.467. The van der Waals surface area contributed by atoms with Gasteiger partial charge in [0.05, 0.1) is 11.9 Å². The van der Waals surface area contributed by atoms with Crippen molar-refractivity contribution in [2.45, 2.75) is 37.0 Å². The van der Waals surface area contributed by atoms with Crippen LogP contribution < -0.4 is 16.2 Å². The molecule has 7 heteroatoms. The van der Waals surface area contributed by atoms with Crippen molar-refractivity contribution in [2.24, 2.45) is 0 Å². The zero-order valence-corrected chi connectivity index (χ0v) is 14.9. The highest BCUT2D eigenvalue weighted by Gasteiger charge is 2.14. The molecule has 2 atom stereocenters. The molecule has 0 heterocycles. The van der Waals surface area contributed by atoms with Gasteiger partial charge in [0, 0.05) is 18.0 Å². The molecule has 1 amide bonds. The van der Waals surface area contributed by atoms with Gasteiger partial charge in [0.25, 0.3) is 5.91 Å². The van der Waals surface area contributed by atoms with Crippen LogP contribution in [0.5, 0.6) is 0 Å². The number of thioether (sulfide) groups is 1. The summed E-state index contributed by atoms with van der Waals surface area (Å²) in [4.78, 5) is 13.1. The molecule has 0 saturated heterocycles. The molecule has 22 heavy (non-hydrogen) atoms. The van der Waals surface area contributed by atoms with Gasteiger partial charge in [0.1, 0.15) is 0 Å². The van der Waals surface area contributed by atoms with Crippen LogP contribution in [0.25, 0.3) is 0 Å². The summed E-state index contributed by atoms with van der Waals surface area (Å²) in [6.07, 6.45) is 0. The Morgan fingerprint density at radius 1 is 1.27 bits per heavy atom. The number of rotatable bonds is 6. The van der Waals surface area contributed by atoms with Gasteiger partial charge >= 0.3 is 0 Å². The van der Waals surface area contributed by atoms with Gasteiger partial charge in [-0.05, 0) is 45.1 Å². The van der Waals surface area contributed by atoms with E-state index in [9.17, 15) is 4.79 Å². The van der Waals surface area contributed by atoms with E-state index < -0.39 is 0 Å². The van der Waals surface area contributed by atoms with Crippen LogP contribution in [0.3, 0.4) is 0 Å². The Hall–Kier alpha value is -1.31. The highest BCUT2D eigenvalue weighted by atomic mass is 32.2. The molecular formula is C15H23N3O2S2. The Kier molecular flexibility index (Phi) is 8.22. The summed E-state index contributed by atoms with van der Waals surface area (Å²) in [5, 5.41) is 3.14. The zero-order valence-electron chi connectivity index (χ0n) is 13.3. The molecule has 0 unspecified atom stereocenters. The summed E-state index contributed by atoms with van der Waals surface area (Å²) in [5.41, 5.74) is 6.51. The van der Waals surface area contributed by atoms with Crippen LogP contribution in [-0.4, -0.2) is 36.0 Å². The van der Waals surface area contributed by atoms with Gasteiger partial charge in [0.15, 0.2) is 5.11 Å². The number of carbonyl (C=O) groups excluding carboxylic acids is 1. The first-order chi connectivity index (χ1) is 10.4. The molecule has 0 aromatic heterocycles. The predicted molar refractivity (Wildman–Crippen MR) is 94.8 cm³/mol. The van der Waals surface area contributed by atoms with Crippen molar-refractivity contribution >= 4 is 35.0 Å². The largest absolute Gasteiger partial charge is 0.383 e. The van der Waals surface area contributed by atoms with Crippen molar-refractivity contribution < 1.29 is 9.53 Å². The fourth-order valence-electron chi connectivity index (χ4n) is 1.65. The number of methoxy groups -OCH3 is 1. The maximum atomic E-state index is 12.0. The summed E-state index contributed by atoms with van der Waals surface area (Å²) in [5.74, 6) is -0.130. The van der Waals surface area contributed by atoms with Crippen LogP contribution in [0.15, 0.2) is 29.2 Å². The lowest BCUT2D eigenvalue weighted by atomic mass is 10.2. The minimum atomic E-state index is -0.227. The number of aryl methyl sites for hydroxylation is 1. The predicted octanol–water partition coefficient (Wildman–Crippen LogP) is 2.01. The quantitative estimate of drug-likeness (QED) is 0.418. The molecule has 0 bridgehead atoms. The monoisotopic (exact) mass is 341 g/mol. The first kappa shape index (κ1) is 18.7. The summed E-state index contributed by atoms with van der Waals surface area (Å²) < 4.78 is 5.00. The van der Waals surface area contributed by atoms with Crippen LogP contribution in [0.2, 0.25) is 0 Å². The lowest BCUT2D eigenvalue weighted by Gasteiger charge is -2.18. The average molecular weight is 342 g/mol. The van der Waals surface area contributed by atoms with Gasteiger partial charge in [-0.2, -0.15) is 0 Å². The van der Waals surface area contributed by atoms with E-state index in [-0.39, 0.29) is 17.2 Å². The molecule has 1 aromatic rings. The van der Waals surface area contributed by atoms with E-state index in [2.05, 4.69) is 16.2 Å². The number of hydrogen-bond acceptors (Lipinski definition) is 4. The van der Waals surface area contributed by atoms with Gasteiger partial charge in [-0.1, -0.05) is 17.7 Å². The lowest BCUT2D eigenvalue weighted by molar-refractivity contribution is -0.120. The van der Waals surface area contributed by atoms with Crippen molar-refractivity contribution in [1.82, 2.24) is 16.2 Å². The van der Waals surface area contributed by atoms with Crippen molar-refractivity contribution in [3.63, 3.8) is 0 Å². The Morgan fingerprint density at radius 3 is 2.50 bits per heavy atom. The van der Waals surface area contributed by atoms with Crippen molar-refractivity contribution in [3.05, 3.63) is 29.8 Å². The normalized spacial score (nSPS) is 13.1. The molecule has 1 aromatic carbocycles. The summed E-state index contributed by atoms with van der Waals surface area (Å²) in [6.45, 7) is 6.36. The molecule has 0 aliphatic heterocycles. The van der Waals surface area contributed by atoms with E-state index in [0.717, 1.165) is 4.90 Å². The van der Waals surface area contributed by atoms with Gasteiger partial charge in [0.2, 0.25) is 0 Å². The number of ether oxygens (including phenoxy) is 1. The Morgan fingerprint density at radius 2 is 1.91 bits per heavy atom. The number of thiocarbonyl (C=S) groups is 1. The minimum absolute atomic E-state index is 0.0706. The summed E-state index contributed by atoms with van der Waals surface area (Å²) in [7, 11) is 1.63. The second-order valence-electron chi connectivity index (χ2n) is 5.02. The molecule has 3 N–H and O–H groups in total. The average Bonchev–Trinajstić information content (AvgIpc) is 2.47.